The Balaban J connectivity index is 1.48. The summed E-state index contributed by atoms with van der Waals surface area (Å²) in [5, 5.41) is 13.0. The standard InChI is InChI=1S/C27H35Cl2N3O5/c1-31(26(33)16-20-7-8-23(28)24(29)15-20)25(21-5-3-2-4-6-21)18-32-11-9-22(17-32)30-10-12-36-13-14-37-19-27(34)35/h2-8,15,22,25,30H,9-14,16-19H2,1H3,(H,34,35)/t22-,25+/m0/s1. The van der Waals surface area contributed by atoms with Crippen LogP contribution in [-0.2, 0) is 25.5 Å². The zero-order valence-corrected chi connectivity index (χ0v) is 22.6. The number of likely N-dealkylation sites (N-methyl/N-ethyl adjacent to an activating group) is 1. The minimum Gasteiger partial charge on any atom is -0.480 e. The molecule has 1 amide bonds. The number of nitrogens with zero attached hydrogens (tertiary/aromatic N) is 2. The highest BCUT2D eigenvalue weighted by atomic mass is 35.5. The van der Waals surface area contributed by atoms with E-state index in [4.69, 9.17) is 37.8 Å². The van der Waals surface area contributed by atoms with E-state index < -0.39 is 5.97 Å². The minimum atomic E-state index is -0.982. The van der Waals surface area contributed by atoms with Crippen LogP contribution in [0.1, 0.15) is 23.6 Å². The van der Waals surface area contributed by atoms with Crippen molar-refractivity contribution in [1.82, 2.24) is 15.1 Å². The molecule has 1 fully saturated rings. The van der Waals surface area contributed by atoms with E-state index in [1.807, 2.05) is 36.2 Å². The number of carboxylic acid groups (broad SMARTS) is 1. The highest BCUT2D eigenvalue weighted by molar-refractivity contribution is 6.42. The first kappa shape index (κ1) is 29.4. The second-order valence-corrected chi connectivity index (χ2v) is 9.93. The molecule has 0 radical (unpaired) electrons. The Kier molecular flexibility index (Phi) is 12.1. The molecule has 1 aliphatic rings. The molecule has 0 aromatic heterocycles. The summed E-state index contributed by atoms with van der Waals surface area (Å²) >= 11 is 12.2. The van der Waals surface area contributed by atoms with Crippen LogP contribution in [0.15, 0.2) is 48.5 Å². The second-order valence-electron chi connectivity index (χ2n) is 9.11. The molecule has 0 aliphatic carbocycles. The van der Waals surface area contributed by atoms with Gasteiger partial charge in [0.15, 0.2) is 0 Å². The fourth-order valence-corrected chi connectivity index (χ4v) is 4.69. The molecule has 1 aliphatic heterocycles. The lowest BCUT2D eigenvalue weighted by atomic mass is 10.0. The molecule has 0 unspecified atom stereocenters. The van der Waals surface area contributed by atoms with Gasteiger partial charge in [-0.25, -0.2) is 4.79 Å². The lowest BCUT2D eigenvalue weighted by molar-refractivity contribution is -0.142. The van der Waals surface area contributed by atoms with E-state index in [0.717, 1.165) is 37.2 Å². The smallest absolute Gasteiger partial charge is 0.329 e. The Morgan fingerprint density at radius 2 is 1.86 bits per heavy atom. The fourth-order valence-electron chi connectivity index (χ4n) is 4.37. The number of carbonyl (C=O) groups excluding carboxylic acids is 1. The number of ether oxygens (including phenoxy) is 2. The average Bonchev–Trinajstić information content (AvgIpc) is 3.33. The highest BCUT2D eigenvalue weighted by Gasteiger charge is 2.28. The summed E-state index contributed by atoms with van der Waals surface area (Å²) < 4.78 is 10.4. The second kappa shape index (κ2) is 15.3. The van der Waals surface area contributed by atoms with Crippen LogP contribution >= 0.6 is 23.2 Å². The molecular weight excluding hydrogens is 517 g/mol. The van der Waals surface area contributed by atoms with Crippen molar-refractivity contribution in [2.75, 3.05) is 59.7 Å². The number of aliphatic carboxylic acids is 1. The van der Waals surface area contributed by atoms with Gasteiger partial charge < -0.3 is 24.8 Å². The molecule has 0 saturated carbocycles. The lowest BCUT2D eigenvalue weighted by Gasteiger charge is -2.32. The summed E-state index contributed by atoms with van der Waals surface area (Å²) in [5.74, 6) is -0.963. The molecule has 0 bridgehead atoms. The number of halogens is 2. The van der Waals surface area contributed by atoms with Crippen LogP contribution in [-0.4, -0.2) is 92.5 Å². The van der Waals surface area contributed by atoms with Gasteiger partial charge in [0.05, 0.1) is 42.3 Å². The van der Waals surface area contributed by atoms with Crippen LogP contribution in [0.5, 0.6) is 0 Å². The number of rotatable bonds is 15. The summed E-state index contributed by atoms with van der Waals surface area (Å²) in [6.07, 6.45) is 1.27. The molecule has 2 N–H and O–H groups in total. The summed E-state index contributed by atoms with van der Waals surface area (Å²) in [7, 11) is 1.86. The van der Waals surface area contributed by atoms with Crippen LogP contribution in [0.2, 0.25) is 10.0 Å². The van der Waals surface area contributed by atoms with Crippen molar-refractivity contribution in [1.29, 1.82) is 0 Å². The first-order chi connectivity index (χ1) is 17.8. The van der Waals surface area contributed by atoms with E-state index in [0.29, 0.717) is 35.8 Å². The van der Waals surface area contributed by atoms with Gasteiger partial charge in [-0.05, 0) is 36.2 Å². The Labute approximate surface area is 228 Å². The third-order valence-electron chi connectivity index (χ3n) is 6.37. The van der Waals surface area contributed by atoms with Crippen molar-refractivity contribution in [3.63, 3.8) is 0 Å². The van der Waals surface area contributed by atoms with Gasteiger partial charge in [-0.3, -0.25) is 9.69 Å². The average molecular weight is 552 g/mol. The van der Waals surface area contributed by atoms with Crippen molar-refractivity contribution in [2.24, 2.45) is 0 Å². The van der Waals surface area contributed by atoms with Crippen molar-refractivity contribution in [2.45, 2.75) is 24.9 Å². The molecule has 1 saturated heterocycles. The first-order valence-electron chi connectivity index (χ1n) is 12.4. The number of benzene rings is 2. The predicted octanol–water partition coefficient (Wildman–Crippen LogP) is 3.52. The van der Waals surface area contributed by atoms with Crippen LogP contribution in [0.3, 0.4) is 0 Å². The van der Waals surface area contributed by atoms with Crippen molar-refractivity contribution in [3.05, 3.63) is 69.7 Å². The molecule has 0 spiro atoms. The van der Waals surface area contributed by atoms with Gasteiger partial charge in [0, 0.05) is 32.7 Å². The van der Waals surface area contributed by atoms with E-state index in [2.05, 4.69) is 22.3 Å². The molecule has 202 valence electrons. The van der Waals surface area contributed by atoms with E-state index in [-0.39, 0.29) is 31.6 Å². The van der Waals surface area contributed by atoms with E-state index in [1.54, 1.807) is 12.1 Å². The maximum atomic E-state index is 13.2. The third kappa shape index (κ3) is 9.89. The maximum absolute atomic E-state index is 13.2. The normalized spacial score (nSPS) is 16.6. The topological polar surface area (TPSA) is 91.3 Å². The van der Waals surface area contributed by atoms with Gasteiger partial charge in [-0.1, -0.05) is 59.6 Å². The quantitative estimate of drug-likeness (QED) is 0.327. The molecule has 8 nitrogen and oxygen atoms in total. The van der Waals surface area contributed by atoms with E-state index in [9.17, 15) is 9.59 Å². The molecule has 2 aromatic rings. The molecule has 37 heavy (non-hydrogen) atoms. The van der Waals surface area contributed by atoms with Gasteiger partial charge in [0.25, 0.3) is 0 Å². The van der Waals surface area contributed by atoms with Crippen molar-refractivity contribution >= 4 is 35.1 Å². The first-order valence-corrected chi connectivity index (χ1v) is 13.2. The summed E-state index contributed by atoms with van der Waals surface area (Å²) in [5.41, 5.74) is 1.93. The monoisotopic (exact) mass is 551 g/mol. The fraction of sp³-hybridized carbons (Fsp3) is 0.481. The molecule has 3 rings (SSSR count). The molecule has 10 heteroatoms. The van der Waals surface area contributed by atoms with E-state index in [1.165, 1.54) is 0 Å². The number of carboxylic acids is 1. The Morgan fingerprint density at radius 3 is 2.59 bits per heavy atom. The summed E-state index contributed by atoms with van der Waals surface area (Å²) in [6, 6.07) is 15.7. The van der Waals surface area contributed by atoms with Gasteiger partial charge in [0.1, 0.15) is 6.61 Å². The van der Waals surface area contributed by atoms with Crippen LogP contribution in [0.25, 0.3) is 0 Å². The van der Waals surface area contributed by atoms with Crippen molar-refractivity contribution < 1.29 is 24.2 Å². The number of hydrogen-bond acceptors (Lipinski definition) is 6. The minimum absolute atomic E-state index is 0.0191. The number of likely N-dealkylation sites (tertiary alicyclic amines) is 1. The van der Waals surface area contributed by atoms with Crippen LogP contribution < -0.4 is 5.32 Å². The highest BCUT2D eigenvalue weighted by Crippen LogP contribution is 2.26. The van der Waals surface area contributed by atoms with Crippen molar-refractivity contribution in [3.8, 4) is 0 Å². The zero-order chi connectivity index (χ0) is 26.6. The number of amides is 1. The van der Waals surface area contributed by atoms with Gasteiger partial charge >= 0.3 is 5.97 Å². The molecule has 2 aromatic carbocycles. The van der Waals surface area contributed by atoms with E-state index >= 15 is 0 Å². The number of nitrogens with one attached hydrogen (secondary N) is 1. The van der Waals surface area contributed by atoms with Gasteiger partial charge in [-0.2, -0.15) is 0 Å². The largest absolute Gasteiger partial charge is 0.480 e. The molecule has 1 heterocycles. The number of carbonyl (C=O) groups is 2. The molecular formula is C27H35Cl2N3O5. The van der Waals surface area contributed by atoms with Gasteiger partial charge in [-0.15, -0.1) is 0 Å². The molecule has 2 atom stereocenters. The maximum Gasteiger partial charge on any atom is 0.329 e. The van der Waals surface area contributed by atoms with Crippen LogP contribution in [0, 0.1) is 0 Å². The summed E-state index contributed by atoms with van der Waals surface area (Å²) in [4.78, 5) is 27.9. The number of hydrogen-bond donors (Lipinski definition) is 2. The third-order valence-corrected chi connectivity index (χ3v) is 7.10. The Hall–Kier alpha value is -2.20. The zero-order valence-electron chi connectivity index (χ0n) is 21.1. The Bertz CT molecular complexity index is 1010. The Morgan fingerprint density at radius 1 is 1.11 bits per heavy atom. The lowest BCUT2D eigenvalue weighted by Crippen LogP contribution is -2.41. The van der Waals surface area contributed by atoms with Crippen LogP contribution in [0.4, 0.5) is 0 Å². The van der Waals surface area contributed by atoms with Gasteiger partial charge in [0.2, 0.25) is 5.91 Å². The summed E-state index contributed by atoms with van der Waals surface area (Å²) in [6.45, 7) is 4.14. The predicted molar refractivity (Wildman–Crippen MR) is 144 cm³/mol. The SMILES string of the molecule is CN(C(=O)Cc1ccc(Cl)c(Cl)c1)[C@H](CN1CC[C@H](NCCOCCOCC(=O)O)C1)c1ccccc1.